The second-order valence-corrected chi connectivity index (χ2v) is 6.36. The van der Waals surface area contributed by atoms with Crippen molar-refractivity contribution in [2.75, 3.05) is 0 Å². The van der Waals surface area contributed by atoms with Gasteiger partial charge in [0.25, 0.3) is 0 Å². The average molecular weight is 280 g/mol. The lowest BCUT2D eigenvalue weighted by molar-refractivity contribution is 0.665. The molecule has 1 aromatic heterocycles. The Morgan fingerprint density at radius 1 is 1.10 bits per heavy atom. The SMILES string of the molecule is c1ccc(CSc2ccc3c(cnn3C3CC3)c2)cc1. The van der Waals surface area contributed by atoms with Crippen LogP contribution in [0.25, 0.3) is 10.9 Å². The average Bonchev–Trinajstić information content (AvgIpc) is 3.26. The van der Waals surface area contributed by atoms with E-state index in [2.05, 4.69) is 58.3 Å². The van der Waals surface area contributed by atoms with Crippen LogP contribution >= 0.6 is 11.8 Å². The standard InChI is InChI=1S/C17H16N2S/c1-2-4-13(5-3-1)12-20-16-8-9-17-14(10-16)11-18-19(17)15-6-7-15/h1-5,8-11,15H,6-7,12H2. The molecule has 0 spiro atoms. The summed E-state index contributed by atoms with van der Waals surface area (Å²) in [6, 6.07) is 18.0. The molecule has 1 aliphatic rings. The first-order valence-corrected chi connectivity index (χ1v) is 8.03. The summed E-state index contributed by atoms with van der Waals surface area (Å²) >= 11 is 1.88. The Hall–Kier alpha value is -1.74. The zero-order valence-electron chi connectivity index (χ0n) is 11.2. The molecular formula is C17H16N2S. The molecule has 1 fully saturated rings. The largest absolute Gasteiger partial charge is 0.262 e. The van der Waals surface area contributed by atoms with Crippen LogP contribution in [-0.2, 0) is 5.75 Å². The second kappa shape index (κ2) is 4.98. The molecule has 100 valence electrons. The van der Waals surface area contributed by atoms with E-state index >= 15 is 0 Å². The predicted octanol–water partition coefficient (Wildman–Crippen LogP) is 4.66. The summed E-state index contributed by atoms with van der Waals surface area (Å²) in [6.45, 7) is 0. The smallest absolute Gasteiger partial charge is 0.0686 e. The summed E-state index contributed by atoms with van der Waals surface area (Å²) in [5.74, 6) is 1.02. The molecule has 0 unspecified atom stereocenters. The molecule has 1 aliphatic carbocycles. The van der Waals surface area contributed by atoms with Crippen LogP contribution in [0.4, 0.5) is 0 Å². The highest BCUT2D eigenvalue weighted by atomic mass is 32.2. The maximum absolute atomic E-state index is 4.52. The third kappa shape index (κ3) is 2.34. The van der Waals surface area contributed by atoms with Gasteiger partial charge in [0.05, 0.1) is 17.8 Å². The Labute approximate surface area is 122 Å². The minimum atomic E-state index is 0.648. The molecule has 3 aromatic rings. The van der Waals surface area contributed by atoms with E-state index in [1.165, 1.54) is 34.2 Å². The van der Waals surface area contributed by atoms with Gasteiger partial charge in [-0.3, -0.25) is 4.68 Å². The van der Waals surface area contributed by atoms with E-state index in [4.69, 9.17) is 0 Å². The molecule has 0 amide bonds. The van der Waals surface area contributed by atoms with Gasteiger partial charge in [0, 0.05) is 16.0 Å². The normalized spacial score (nSPS) is 14.8. The number of rotatable bonds is 4. The number of fused-ring (bicyclic) bond motifs is 1. The molecule has 0 radical (unpaired) electrons. The first kappa shape index (κ1) is 12.0. The van der Waals surface area contributed by atoms with Gasteiger partial charge >= 0.3 is 0 Å². The summed E-state index contributed by atoms with van der Waals surface area (Å²) < 4.78 is 2.18. The van der Waals surface area contributed by atoms with Crippen LogP contribution in [0.5, 0.6) is 0 Å². The van der Waals surface area contributed by atoms with Crippen LogP contribution in [0.1, 0.15) is 24.4 Å². The molecule has 0 bridgehead atoms. The second-order valence-electron chi connectivity index (χ2n) is 5.32. The first-order valence-electron chi connectivity index (χ1n) is 7.04. The molecular weight excluding hydrogens is 264 g/mol. The summed E-state index contributed by atoms with van der Waals surface area (Å²) in [6.07, 6.45) is 4.56. The van der Waals surface area contributed by atoms with Gasteiger partial charge in [-0.25, -0.2) is 0 Å². The number of thioether (sulfide) groups is 1. The van der Waals surface area contributed by atoms with E-state index in [1.807, 2.05) is 18.0 Å². The van der Waals surface area contributed by atoms with E-state index < -0.39 is 0 Å². The van der Waals surface area contributed by atoms with E-state index in [1.54, 1.807) is 0 Å². The molecule has 0 N–H and O–H groups in total. The number of hydrogen-bond acceptors (Lipinski definition) is 2. The molecule has 2 aromatic carbocycles. The summed E-state index contributed by atoms with van der Waals surface area (Å²) in [5, 5.41) is 5.78. The van der Waals surface area contributed by atoms with Crippen LogP contribution in [0.15, 0.2) is 59.6 Å². The van der Waals surface area contributed by atoms with Gasteiger partial charge in [0.1, 0.15) is 0 Å². The van der Waals surface area contributed by atoms with Crippen LogP contribution in [0.3, 0.4) is 0 Å². The lowest BCUT2D eigenvalue weighted by Gasteiger charge is -2.04. The van der Waals surface area contributed by atoms with Crippen molar-refractivity contribution in [1.29, 1.82) is 0 Å². The summed E-state index contributed by atoms with van der Waals surface area (Å²) in [7, 11) is 0. The molecule has 3 heteroatoms. The van der Waals surface area contributed by atoms with Crippen LogP contribution in [0, 0.1) is 0 Å². The van der Waals surface area contributed by atoms with Crippen molar-refractivity contribution in [1.82, 2.24) is 9.78 Å². The van der Waals surface area contributed by atoms with Crippen molar-refractivity contribution in [2.24, 2.45) is 0 Å². The quantitative estimate of drug-likeness (QED) is 0.647. The lowest BCUT2D eigenvalue weighted by Crippen LogP contribution is -1.94. The number of hydrogen-bond donors (Lipinski definition) is 0. The highest BCUT2D eigenvalue weighted by Gasteiger charge is 2.25. The Kier molecular flexibility index (Phi) is 3.00. The lowest BCUT2D eigenvalue weighted by atomic mass is 10.2. The molecule has 20 heavy (non-hydrogen) atoms. The van der Waals surface area contributed by atoms with E-state index in [9.17, 15) is 0 Å². The Bertz CT molecular complexity index is 729. The zero-order chi connectivity index (χ0) is 13.4. The monoisotopic (exact) mass is 280 g/mol. The van der Waals surface area contributed by atoms with Gasteiger partial charge in [-0.05, 0) is 36.6 Å². The third-order valence-corrected chi connectivity index (χ3v) is 4.77. The van der Waals surface area contributed by atoms with Crippen molar-refractivity contribution < 1.29 is 0 Å². The third-order valence-electron chi connectivity index (χ3n) is 3.71. The van der Waals surface area contributed by atoms with Gasteiger partial charge < -0.3 is 0 Å². The summed E-state index contributed by atoms with van der Waals surface area (Å²) in [4.78, 5) is 1.32. The Morgan fingerprint density at radius 2 is 1.95 bits per heavy atom. The fraction of sp³-hybridized carbons (Fsp3) is 0.235. The zero-order valence-corrected chi connectivity index (χ0v) is 12.0. The fourth-order valence-electron chi connectivity index (χ4n) is 2.47. The number of benzene rings is 2. The maximum atomic E-state index is 4.52. The summed E-state index contributed by atoms with van der Waals surface area (Å²) in [5.41, 5.74) is 2.64. The maximum Gasteiger partial charge on any atom is 0.0686 e. The molecule has 0 saturated heterocycles. The molecule has 2 nitrogen and oxygen atoms in total. The van der Waals surface area contributed by atoms with Gasteiger partial charge in [-0.15, -0.1) is 11.8 Å². The van der Waals surface area contributed by atoms with Gasteiger partial charge in [-0.2, -0.15) is 5.10 Å². The van der Waals surface area contributed by atoms with Crippen molar-refractivity contribution in [2.45, 2.75) is 29.5 Å². The predicted molar refractivity (Wildman–Crippen MR) is 84.0 cm³/mol. The van der Waals surface area contributed by atoms with Gasteiger partial charge in [-0.1, -0.05) is 30.3 Å². The van der Waals surface area contributed by atoms with E-state index in [0.29, 0.717) is 6.04 Å². The molecule has 4 rings (SSSR count). The molecule has 1 heterocycles. The minimum Gasteiger partial charge on any atom is -0.262 e. The topological polar surface area (TPSA) is 17.8 Å². The van der Waals surface area contributed by atoms with E-state index in [0.717, 1.165) is 5.75 Å². The van der Waals surface area contributed by atoms with Crippen LogP contribution < -0.4 is 0 Å². The van der Waals surface area contributed by atoms with Crippen LogP contribution in [-0.4, -0.2) is 9.78 Å². The molecule has 1 saturated carbocycles. The van der Waals surface area contributed by atoms with Crippen LogP contribution in [0.2, 0.25) is 0 Å². The minimum absolute atomic E-state index is 0.648. The molecule has 0 aliphatic heterocycles. The van der Waals surface area contributed by atoms with Crippen molar-refractivity contribution >= 4 is 22.7 Å². The van der Waals surface area contributed by atoms with Crippen molar-refractivity contribution in [3.05, 3.63) is 60.3 Å². The first-order chi connectivity index (χ1) is 9.90. The van der Waals surface area contributed by atoms with Crippen molar-refractivity contribution in [3.8, 4) is 0 Å². The Morgan fingerprint density at radius 3 is 2.75 bits per heavy atom. The van der Waals surface area contributed by atoms with E-state index in [-0.39, 0.29) is 0 Å². The van der Waals surface area contributed by atoms with Gasteiger partial charge in [0.15, 0.2) is 0 Å². The number of aromatic nitrogens is 2. The fourth-order valence-corrected chi connectivity index (χ4v) is 3.37. The molecule has 0 atom stereocenters. The highest BCUT2D eigenvalue weighted by molar-refractivity contribution is 7.98. The number of nitrogens with zero attached hydrogens (tertiary/aromatic N) is 2. The highest BCUT2D eigenvalue weighted by Crippen LogP contribution is 2.37. The Balaban J connectivity index is 1.55. The van der Waals surface area contributed by atoms with Crippen molar-refractivity contribution in [3.63, 3.8) is 0 Å². The van der Waals surface area contributed by atoms with Gasteiger partial charge in [0.2, 0.25) is 0 Å².